The molecular weight excluding hydrogens is 274 g/mol. The predicted octanol–water partition coefficient (Wildman–Crippen LogP) is 3.15. The first-order valence-electron chi connectivity index (χ1n) is 5.97. The number of aromatic nitrogens is 2. The van der Waals surface area contributed by atoms with E-state index in [4.69, 9.17) is 18.0 Å². The van der Waals surface area contributed by atoms with Gasteiger partial charge < -0.3 is 5.73 Å². The van der Waals surface area contributed by atoms with Crippen LogP contribution in [-0.2, 0) is 0 Å². The van der Waals surface area contributed by atoms with E-state index in [-0.39, 0.29) is 0 Å². The second-order valence-corrected chi connectivity index (χ2v) is 5.71. The van der Waals surface area contributed by atoms with Crippen molar-refractivity contribution in [2.45, 2.75) is 25.7 Å². The van der Waals surface area contributed by atoms with Crippen LogP contribution in [0, 0.1) is 20.8 Å². The molecule has 2 N–H and O–H groups in total. The summed E-state index contributed by atoms with van der Waals surface area (Å²) in [5, 5.41) is 4.59. The van der Waals surface area contributed by atoms with Crippen molar-refractivity contribution in [3.63, 3.8) is 0 Å². The summed E-state index contributed by atoms with van der Waals surface area (Å²) in [4.78, 5) is 1.49. The highest BCUT2D eigenvalue weighted by Crippen LogP contribution is 2.27. The lowest BCUT2D eigenvalue weighted by atomic mass is 10.1. The Bertz CT molecular complexity index is 644. The molecule has 0 aliphatic carbocycles. The van der Waals surface area contributed by atoms with Gasteiger partial charge in [0.15, 0.2) is 0 Å². The molecule has 3 nitrogen and oxygen atoms in total. The van der Waals surface area contributed by atoms with Gasteiger partial charge in [-0.05, 0) is 44.7 Å². The lowest BCUT2D eigenvalue weighted by Gasteiger charge is -2.13. The molecule has 1 aromatic carbocycles. The zero-order valence-corrected chi connectivity index (χ0v) is 13.2. The van der Waals surface area contributed by atoms with Crippen LogP contribution in [0.2, 0.25) is 0 Å². The van der Waals surface area contributed by atoms with Crippen LogP contribution in [0.4, 0.5) is 0 Å². The molecule has 100 valence electrons. The number of hydrogen-bond donors (Lipinski definition) is 1. The Morgan fingerprint density at radius 1 is 1.32 bits per heavy atom. The van der Waals surface area contributed by atoms with Crippen LogP contribution in [0.25, 0.3) is 5.69 Å². The Morgan fingerprint density at radius 2 is 2.00 bits per heavy atom. The minimum Gasteiger partial charge on any atom is -0.389 e. The van der Waals surface area contributed by atoms with Crippen LogP contribution in [0.15, 0.2) is 23.1 Å². The summed E-state index contributed by atoms with van der Waals surface area (Å²) in [6, 6.07) is 6.04. The lowest BCUT2D eigenvalue weighted by molar-refractivity contribution is 0.828. The number of thioether (sulfide) groups is 1. The van der Waals surface area contributed by atoms with E-state index >= 15 is 0 Å². The molecule has 1 heterocycles. The average Bonchev–Trinajstić information content (AvgIpc) is 2.65. The molecule has 5 heteroatoms. The summed E-state index contributed by atoms with van der Waals surface area (Å²) in [5.41, 5.74) is 11.1. The topological polar surface area (TPSA) is 43.8 Å². The molecule has 0 radical (unpaired) electrons. The molecule has 19 heavy (non-hydrogen) atoms. The summed E-state index contributed by atoms with van der Waals surface area (Å²) >= 11 is 6.85. The number of benzene rings is 1. The smallest absolute Gasteiger partial charge is 0.107 e. The van der Waals surface area contributed by atoms with Crippen LogP contribution in [0.5, 0.6) is 0 Å². The summed E-state index contributed by atoms with van der Waals surface area (Å²) in [6.45, 7) is 6.15. The van der Waals surface area contributed by atoms with Gasteiger partial charge in [-0.15, -0.1) is 11.8 Å². The number of hydrogen-bond acceptors (Lipinski definition) is 3. The van der Waals surface area contributed by atoms with Crippen molar-refractivity contribution >= 4 is 29.0 Å². The molecule has 0 amide bonds. The number of rotatable bonds is 3. The normalized spacial score (nSPS) is 10.7. The molecule has 0 bridgehead atoms. The molecular formula is C14H17N3S2. The predicted molar refractivity (Wildman–Crippen MR) is 85.4 cm³/mol. The number of nitrogens with zero attached hydrogens (tertiary/aromatic N) is 2. The zero-order valence-electron chi connectivity index (χ0n) is 11.5. The average molecular weight is 291 g/mol. The molecule has 0 saturated heterocycles. The van der Waals surface area contributed by atoms with Crippen molar-refractivity contribution in [2.24, 2.45) is 5.73 Å². The fraction of sp³-hybridized carbons (Fsp3) is 0.286. The molecule has 0 aliphatic heterocycles. The summed E-state index contributed by atoms with van der Waals surface area (Å²) < 4.78 is 1.93. The Balaban J connectivity index is 2.75. The van der Waals surface area contributed by atoms with E-state index in [1.165, 1.54) is 5.56 Å². The van der Waals surface area contributed by atoms with Crippen LogP contribution in [0.1, 0.15) is 22.5 Å². The number of thiocarbonyl (C=S) groups is 1. The Kier molecular flexibility index (Phi) is 3.96. The first kappa shape index (κ1) is 14.1. The minimum atomic E-state index is 0.408. The van der Waals surface area contributed by atoms with E-state index in [0.29, 0.717) is 4.99 Å². The second-order valence-electron chi connectivity index (χ2n) is 4.43. The van der Waals surface area contributed by atoms with Crippen molar-refractivity contribution in [3.8, 4) is 5.69 Å². The van der Waals surface area contributed by atoms with Crippen molar-refractivity contribution in [1.29, 1.82) is 0 Å². The van der Waals surface area contributed by atoms with E-state index in [2.05, 4.69) is 18.9 Å². The maximum absolute atomic E-state index is 5.90. The quantitative estimate of drug-likeness (QED) is 0.697. The van der Waals surface area contributed by atoms with Gasteiger partial charge in [-0.2, -0.15) is 5.10 Å². The van der Waals surface area contributed by atoms with Crippen LogP contribution >= 0.6 is 24.0 Å². The van der Waals surface area contributed by atoms with Gasteiger partial charge in [0.05, 0.1) is 11.4 Å². The largest absolute Gasteiger partial charge is 0.389 e. The monoisotopic (exact) mass is 291 g/mol. The first-order valence-corrected chi connectivity index (χ1v) is 7.60. The van der Waals surface area contributed by atoms with E-state index in [9.17, 15) is 0 Å². The van der Waals surface area contributed by atoms with Gasteiger partial charge in [0.2, 0.25) is 0 Å². The molecule has 0 unspecified atom stereocenters. The third kappa shape index (κ3) is 2.40. The maximum atomic E-state index is 5.90. The molecule has 2 aromatic rings. The lowest BCUT2D eigenvalue weighted by Crippen LogP contribution is -2.16. The number of aryl methyl sites for hydroxylation is 1. The van der Waals surface area contributed by atoms with Crippen molar-refractivity contribution in [1.82, 2.24) is 9.78 Å². The van der Waals surface area contributed by atoms with E-state index in [1.54, 1.807) is 11.8 Å². The molecule has 0 saturated carbocycles. The van der Waals surface area contributed by atoms with Crippen LogP contribution < -0.4 is 5.73 Å². The summed E-state index contributed by atoms with van der Waals surface area (Å²) in [5.74, 6) is 0. The summed E-state index contributed by atoms with van der Waals surface area (Å²) in [6.07, 6.45) is 2.02. The minimum absolute atomic E-state index is 0.408. The molecule has 1 aromatic heterocycles. The van der Waals surface area contributed by atoms with Gasteiger partial charge in [0, 0.05) is 16.2 Å². The van der Waals surface area contributed by atoms with Crippen LogP contribution in [-0.4, -0.2) is 21.0 Å². The third-order valence-corrected chi connectivity index (χ3v) is 4.34. The third-order valence-electron chi connectivity index (χ3n) is 3.35. The molecule has 0 fully saturated rings. The maximum Gasteiger partial charge on any atom is 0.107 e. The highest BCUT2D eigenvalue weighted by atomic mass is 32.2. The van der Waals surface area contributed by atoms with E-state index in [1.807, 2.05) is 36.1 Å². The Morgan fingerprint density at radius 3 is 2.47 bits per heavy atom. The van der Waals surface area contributed by atoms with Crippen LogP contribution in [0.3, 0.4) is 0 Å². The molecule has 2 rings (SSSR count). The highest BCUT2D eigenvalue weighted by molar-refractivity contribution is 7.98. The van der Waals surface area contributed by atoms with Crippen molar-refractivity contribution < 1.29 is 0 Å². The number of nitrogens with two attached hydrogens (primary N) is 1. The van der Waals surface area contributed by atoms with Gasteiger partial charge >= 0.3 is 0 Å². The van der Waals surface area contributed by atoms with Crippen molar-refractivity contribution in [3.05, 3.63) is 40.7 Å². The van der Waals surface area contributed by atoms with Gasteiger partial charge in [0.1, 0.15) is 4.99 Å². The SMILES string of the molecule is CSc1cccc(-n2nc(C)c(C)c2C)c1C(N)=S. The molecule has 0 spiro atoms. The fourth-order valence-electron chi connectivity index (χ4n) is 2.07. The van der Waals surface area contributed by atoms with Gasteiger partial charge in [-0.1, -0.05) is 18.3 Å². The Labute approximate surface area is 123 Å². The van der Waals surface area contributed by atoms with E-state index < -0.39 is 0 Å². The first-order chi connectivity index (χ1) is 8.97. The van der Waals surface area contributed by atoms with Gasteiger partial charge in [-0.25, -0.2) is 4.68 Å². The van der Waals surface area contributed by atoms with Crippen molar-refractivity contribution in [2.75, 3.05) is 6.26 Å². The van der Waals surface area contributed by atoms with Gasteiger partial charge in [-0.3, -0.25) is 0 Å². The zero-order chi connectivity index (χ0) is 14.2. The molecule has 0 aliphatic rings. The standard InChI is InChI=1S/C14H17N3S2/c1-8-9(2)16-17(10(8)3)11-6-5-7-12(19-4)13(11)14(15)18/h5-7H,1-4H3,(H2,15,18). The summed E-state index contributed by atoms with van der Waals surface area (Å²) in [7, 11) is 0. The Hall–Kier alpha value is -1.33. The fourth-order valence-corrected chi connectivity index (χ4v) is 2.98. The highest BCUT2D eigenvalue weighted by Gasteiger charge is 2.16. The molecule has 0 atom stereocenters. The van der Waals surface area contributed by atoms with E-state index in [0.717, 1.165) is 27.5 Å². The van der Waals surface area contributed by atoms with Gasteiger partial charge in [0.25, 0.3) is 0 Å². The second kappa shape index (κ2) is 5.35.